The Morgan fingerprint density at radius 3 is 2.79 bits per heavy atom. The van der Waals surface area contributed by atoms with E-state index in [0.29, 0.717) is 23.3 Å². The number of hydrogen-bond donors (Lipinski definition) is 1. The van der Waals surface area contributed by atoms with Crippen LogP contribution in [0, 0.1) is 11.8 Å². The summed E-state index contributed by atoms with van der Waals surface area (Å²) in [5, 5.41) is 11.0. The van der Waals surface area contributed by atoms with Crippen LogP contribution >= 0.6 is 0 Å². The molecule has 1 heterocycles. The van der Waals surface area contributed by atoms with E-state index in [4.69, 9.17) is 4.74 Å². The van der Waals surface area contributed by atoms with Crippen LogP contribution in [0.1, 0.15) is 25.7 Å². The van der Waals surface area contributed by atoms with E-state index in [0.717, 1.165) is 19.3 Å². The summed E-state index contributed by atoms with van der Waals surface area (Å²) in [7, 11) is -2.09. The van der Waals surface area contributed by atoms with Crippen molar-refractivity contribution in [3.63, 3.8) is 0 Å². The number of tetrazole rings is 1. The van der Waals surface area contributed by atoms with Crippen molar-refractivity contribution in [2.24, 2.45) is 11.8 Å². The van der Waals surface area contributed by atoms with Crippen LogP contribution in [0.3, 0.4) is 0 Å². The minimum absolute atomic E-state index is 0.0546. The molecule has 1 N–H and O–H groups in total. The number of methoxy groups -OCH3 is 1. The molecule has 9 heteroatoms. The van der Waals surface area contributed by atoms with Crippen molar-refractivity contribution in [3.05, 3.63) is 24.5 Å². The molecule has 2 aliphatic rings. The first-order valence-electron chi connectivity index (χ1n) is 8.00. The van der Waals surface area contributed by atoms with Crippen molar-refractivity contribution in [1.82, 2.24) is 24.9 Å². The molecule has 2 saturated carbocycles. The molecule has 24 heavy (non-hydrogen) atoms. The van der Waals surface area contributed by atoms with Gasteiger partial charge >= 0.3 is 0 Å². The lowest BCUT2D eigenvalue weighted by Crippen LogP contribution is -2.38. The number of rotatable bonds is 5. The first-order valence-corrected chi connectivity index (χ1v) is 9.49. The normalized spacial score (nSPS) is 26.0. The Bertz CT molecular complexity index is 837. The van der Waals surface area contributed by atoms with Crippen molar-refractivity contribution in [3.8, 4) is 11.4 Å². The summed E-state index contributed by atoms with van der Waals surface area (Å²) in [6.07, 6.45) is 5.88. The number of benzene rings is 1. The number of nitrogens with one attached hydrogen (secondary N) is 1. The van der Waals surface area contributed by atoms with E-state index in [2.05, 4.69) is 20.2 Å². The zero-order chi connectivity index (χ0) is 16.7. The molecular formula is C15H19N5O3S. The van der Waals surface area contributed by atoms with Gasteiger partial charge in [0.1, 0.15) is 17.8 Å². The van der Waals surface area contributed by atoms with Crippen molar-refractivity contribution in [2.75, 3.05) is 7.11 Å². The molecule has 128 valence electrons. The van der Waals surface area contributed by atoms with Gasteiger partial charge in [-0.25, -0.2) is 13.1 Å². The predicted octanol–water partition coefficient (Wildman–Crippen LogP) is 1.14. The quantitative estimate of drug-likeness (QED) is 0.869. The number of sulfonamides is 1. The molecule has 0 saturated heterocycles. The van der Waals surface area contributed by atoms with Gasteiger partial charge in [0.25, 0.3) is 0 Å². The van der Waals surface area contributed by atoms with Crippen LogP contribution in [0.15, 0.2) is 29.4 Å². The van der Waals surface area contributed by atoms with Crippen LogP contribution in [0.25, 0.3) is 5.69 Å². The van der Waals surface area contributed by atoms with E-state index in [1.807, 2.05) is 0 Å². The minimum atomic E-state index is -3.58. The van der Waals surface area contributed by atoms with E-state index in [1.165, 1.54) is 30.6 Å². The van der Waals surface area contributed by atoms with Crippen molar-refractivity contribution < 1.29 is 13.2 Å². The van der Waals surface area contributed by atoms with Gasteiger partial charge in [0.15, 0.2) is 0 Å². The average Bonchev–Trinajstić information content (AvgIpc) is 3.31. The van der Waals surface area contributed by atoms with E-state index in [1.54, 1.807) is 12.1 Å². The van der Waals surface area contributed by atoms with Gasteiger partial charge in [-0.05, 0) is 53.7 Å². The van der Waals surface area contributed by atoms with E-state index < -0.39 is 10.0 Å². The van der Waals surface area contributed by atoms with Gasteiger partial charge in [-0.2, -0.15) is 4.68 Å². The summed E-state index contributed by atoms with van der Waals surface area (Å²) in [4.78, 5) is 0.193. The maximum absolute atomic E-state index is 12.7. The smallest absolute Gasteiger partial charge is 0.240 e. The van der Waals surface area contributed by atoms with Gasteiger partial charge in [0.2, 0.25) is 10.0 Å². The molecule has 0 radical (unpaired) electrons. The first-order chi connectivity index (χ1) is 11.6. The van der Waals surface area contributed by atoms with Crippen LogP contribution in [-0.2, 0) is 10.0 Å². The number of nitrogens with zero attached hydrogens (tertiary/aromatic N) is 4. The highest BCUT2D eigenvalue weighted by atomic mass is 32.2. The van der Waals surface area contributed by atoms with E-state index in [9.17, 15) is 8.42 Å². The highest BCUT2D eigenvalue weighted by Gasteiger charge is 2.41. The molecule has 0 spiro atoms. The highest BCUT2D eigenvalue weighted by molar-refractivity contribution is 7.89. The Kier molecular flexibility index (Phi) is 3.76. The number of aromatic nitrogens is 4. The van der Waals surface area contributed by atoms with Crippen LogP contribution in [0.4, 0.5) is 0 Å². The molecule has 3 unspecified atom stereocenters. The van der Waals surface area contributed by atoms with Crippen LogP contribution in [-0.4, -0.2) is 41.8 Å². The maximum atomic E-state index is 12.7. The summed E-state index contributed by atoms with van der Waals surface area (Å²) < 4.78 is 35.1. The van der Waals surface area contributed by atoms with Crippen LogP contribution < -0.4 is 9.46 Å². The predicted molar refractivity (Wildman–Crippen MR) is 85.3 cm³/mol. The topological polar surface area (TPSA) is 99.0 Å². The standard InChI is InChI=1S/C15H19N5O3S/c1-23-15-8-12(4-5-14(15)20-9-16-18-19-20)24(21,22)17-13-7-10-2-3-11(13)6-10/h4-5,8-11,13,17H,2-3,6-7H2,1H3. The Hall–Kier alpha value is -2.00. The number of hydrogen-bond acceptors (Lipinski definition) is 6. The van der Waals surface area contributed by atoms with Gasteiger partial charge in [-0.15, -0.1) is 5.10 Å². The molecule has 8 nitrogen and oxygen atoms in total. The molecule has 2 aromatic rings. The van der Waals surface area contributed by atoms with Crippen LogP contribution in [0.2, 0.25) is 0 Å². The van der Waals surface area contributed by atoms with Gasteiger partial charge < -0.3 is 4.74 Å². The van der Waals surface area contributed by atoms with Crippen molar-refractivity contribution >= 4 is 10.0 Å². The molecule has 0 amide bonds. The lowest BCUT2D eigenvalue weighted by Gasteiger charge is -2.23. The third-order valence-corrected chi connectivity index (χ3v) is 6.59. The fourth-order valence-corrected chi connectivity index (χ4v) is 5.28. The average molecular weight is 349 g/mol. The fourth-order valence-electron chi connectivity index (χ4n) is 3.94. The summed E-state index contributed by atoms with van der Waals surface area (Å²) in [5.74, 6) is 1.56. The molecule has 1 aromatic carbocycles. The lowest BCUT2D eigenvalue weighted by molar-refractivity contribution is 0.389. The number of ether oxygens (including phenoxy) is 1. The molecule has 0 aliphatic heterocycles. The summed E-state index contributed by atoms with van der Waals surface area (Å²) >= 11 is 0. The molecule has 4 rings (SSSR count). The fraction of sp³-hybridized carbons (Fsp3) is 0.533. The molecule has 2 bridgehead atoms. The maximum Gasteiger partial charge on any atom is 0.240 e. The number of fused-ring (bicyclic) bond motifs is 2. The summed E-state index contributed by atoms with van der Waals surface area (Å²) in [5.41, 5.74) is 0.585. The highest BCUT2D eigenvalue weighted by Crippen LogP contribution is 2.44. The SMILES string of the molecule is COc1cc(S(=O)(=O)NC2CC3CCC2C3)ccc1-n1cnnn1. The van der Waals surface area contributed by atoms with Crippen molar-refractivity contribution in [2.45, 2.75) is 36.6 Å². The largest absolute Gasteiger partial charge is 0.494 e. The van der Waals surface area contributed by atoms with E-state index >= 15 is 0 Å². The van der Waals surface area contributed by atoms with Crippen molar-refractivity contribution in [1.29, 1.82) is 0 Å². The first kappa shape index (κ1) is 15.5. The zero-order valence-corrected chi connectivity index (χ0v) is 14.1. The monoisotopic (exact) mass is 349 g/mol. The summed E-state index contributed by atoms with van der Waals surface area (Å²) in [6, 6.07) is 4.76. The summed E-state index contributed by atoms with van der Waals surface area (Å²) in [6.45, 7) is 0. The Balaban J connectivity index is 1.61. The minimum Gasteiger partial charge on any atom is -0.494 e. The van der Waals surface area contributed by atoms with Gasteiger partial charge in [-0.3, -0.25) is 0 Å². The van der Waals surface area contributed by atoms with Gasteiger partial charge in [0, 0.05) is 12.1 Å². The van der Waals surface area contributed by atoms with Gasteiger partial charge in [-0.1, -0.05) is 6.42 Å². The molecule has 2 aliphatic carbocycles. The molecule has 2 fully saturated rings. The molecule has 1 aromatic heterocycles. The molecule has 3 atom stereocenters. The lowest BCUT2D eigenvalue weighted by atomic mass is 9.96. The Morgan fingerprint density at radius 1 is 1.29 bits per heavy atom. The third-order valence-electron chi connectivity index (χ3n) is 5.10. The zero-order valence-electron chi connectivity index (χ0n) is 13.3. The second-order valence-electron chi connectivity index (χ2n) is 6.49. The second kappa shape index (κ2) is 5.82. The Morgan fingerprint density at radius 2 is 2.17 bits per heavy atom. The Labute approximate surface area is 140 Å². The third kappa shape index (κ3) is 2.67. The van der Waals surface area contributed by atoms with Crippen LogP contribution in [0.5, 0.6) is 5.75 Å². The van der Waals surface area contributed by atoms with E-state index in [-0.39, 0.29) is 10.9 Å². The van der Waals surface area contributed by atoms with Gasteiger partial charge in [0.05, 0.1) is 12.0 Å². The molecular weight excluding hydrogens is 330 g/mol. The second-order valence-corrected chi connectivity index (χ2v) is 8.20.